The maximum absolute atomic E-state index is 11.9. The fourth-order valence-electron chi connectivity index (χ4n) is 1.87. The largest absolute Gasteiger partial charge is 0.493 e. The first-order valence-electron chi connectivity index (χ1n) is 6.55. The number of amides is 1. The van der Waals surface area contributed by atoms with Crippen molar-refractivity contribution in [3.8, 4) is 11.5 Å². The van der Waals surface area contributed by atoms with Gasteiger partial charge in [-0.3, -0.25) is 4.79 Å². The summed E-state index contributed by atoms with van der Waals surface area (Å²) in [5.41, 5.74) is 3.68. The van der Waals surface area contributed by atoms with Gasteiger partial charge in [-0.1, -0.05) is 17.7 Å². The maximum atomic E-state index is 11.9. The van der Waals surface area contributed by atoms with E-state index in [1.165, 1.54) is 6.21 Å². The van der Waals surface area contributed by atoms with Crippen LogP contribution in [-0.4, -0.2) is 26.3 Å². The van der Waals surface area contributed by atoms with Crippen molar-refractivity contribution in [1.82, 2.24) is 5.43 Å². The minimum absolute atomic E-state index is 0.334. The molecular weight excluding hydrogens is 431 g/mol. The van der Waals surface area contributed by atoms with E-state index >= 15 is 0 Å². The van der Waals surface area contributed by atoms with Gasteiger partial charge in [0.25, 0.3) is 5.91 Å². The molecule has 2 aromatic rings. The molecular formula is C16H14ClIN2O3. The minimum Gasteiger partial charge on any atom is -0.493 e. The molecule has 120 valence electrons. The number of hydrogen-bond acceptors (Lipinski definition) is 4. The number of halogens is 2. The van der Waals surface area contributed by atoms with Crippen molar-refractivity contribution in [3.63, 3.8) is 0 Å². The highest BCUT2D eigenvalue weighted by Crippen LogP contribution is 2.32. The molecule has 1 amide bonds. The lowest BCUT2D eigenvalue weighted by Gasteiger charge is -2.10. The van der Waals surface area contributed by atoms with Gasteiger partial charge >= 0.3 is 0 Å². The summed E-state index contributed by atoms with van der Waals surface area (Å²) < 4.78 is 11.4. The Bertz CT molecular complexity index is 750. The number of nitrogens with zero attached hydrogens (tertiary/aromatic N) is 1. The molecule has 0 atom stereocenters. The molecule has 0 bridgehead atoms. The summed E-state index contributed by atoms with van der Waals surface area (Å²) in [7, 11) is 3.15. The van der Waals surface area contributed by atoms with E-state index in [1.54, 1.807) is 44.6 Å². The average Bonchev–Trinajstić information content (AvgIpc) is 2.54. The first-order chi connectivity index (χ1) is 11.0. The lowest BCUT2D eigenvalue weighted by molar-refractivity contribution is 0.0955. The Morgan fingerprint density at radius 3 is 2.70 bits per heavy atom. The van der Waals surface area contributed by atoms with Gasteiger partial charge in [0.1, 0.15) is 0 Å². The first kappa shape index (κ1) is 17.6. The monoisotopic (exact) mass is 444 g/mol. The van der Waals surface area contributed by atoms with Gasteiger partial charge in [-0.25, -0.2) is 5.43 Å². The third-order valence-corrected chi connectivity index (χ3v) is 3.96. The number of rotatable bonds is 5. The van der Waals surface area contributed by atoms with Crippen LogP contribution in [0.15, 0.2) is 41.5 Å². The van der Waals surface area contributed by atoms with Crippen molar-refractivity contribution in [2.75, 3.05) is 14.2 Å². The number of benzene rings is 2. The quantitative estimate of drug-likeness (QED) is 0.434. The zero-order chi connectivity index (χ0) is 16.8. The fraction of sp³-hybridized carbons (Fsp3) is 0.125. The number of carbonyl (C=O) groups excluding carboxylic acids is 1. The van der Waals surface area contributed by atoms with E-state index in [0.29, 0.717) is 22.1 Å². The van der Waals surface area contributed by atoms with E-state index in [2.05, 4.69) is 33.1 Å². The Balaban J connectivity index is 2.11. The van der Waals surface area contributed by atoms with E-state index in [1.807, 2.05) is 6.07 Å². The molecule has 0 fully saturated rings. The van der Waals surface area contributed by atoms with Gasteiger partial charge < -0.3 is 9.47 Å². The highest BCUT2D eigenvalue weighted by atomic mass is 127. The van der Waals surface area contributed by atoms with E-state index in [9.17, 15) is 4.79 Å². The Labute approximate surface area is 152 Å². The summed E-state index contributed by atoms with van der Waals surface area (Å²) >= 11 is 8.00. The van der Waals surface area contributed by atoms with Gasteiger partial charge in [0.15, 0.2) is 11.5 Å². The summed E-state index contributed by atoms with van der Waals surface area (Å²) in [5, 5.41) is 4.45. The molecule has 7 heteroatoms. The van der Waals surface area contributed by atoms with Crippen molar-refractivity contribution in [1.29, 1.82) is 0 Å². The van der Waals surface area contributed by atoms with Crippen molar-refractivity contribution in [2.45, 2.75) is 0 Å². The Morgan fingerprint density at radius 2 is 2.04 bits per heavy atom. The Hall–Kier alpha value is -1.80. The fourth-order valence-corrected chi connectivity index (χ4v) is 2.91. The van der Waals surface area contributed by atoms with Crippen LogP contribution in [-0.2, 0) is 0 Å². The molecule has 5 nitrogen and oxygen atoms in total. The molecule has 0 spiro atoms. The first-order valence-corrected chi connectivity index (χ1v) is 8.01. The second-order valence-corrected chi connectivity index (χ2v) is 6.05. The number of nitrogens with one attached hydrogen (secondary N) is 1. The number of carbonyl (C=O) groups is 1. The molecule has 0 aliphatic carbocycles. The molecule has 0 aliphatic heterocycles. The summed E-state index contributed by atoms with van der Waals surface area (Å²) in [6.45, 7) is 0. The van der Waals surface area contributed by atoms with Gasteiger partial charge in [-0.15, -0.1) is 0 Å². The number of methoxy groups -OCH3 is 2. The molecule has 23 heavy (non-hydrogen) atoms. The molecule has 2 rings (SSSR count). The zero-order valence-corrected chi connectivity index (χ0v) is 15.4. The van der Waals surface area contributed by atoms with Crippen LogP contribution in [0, 0.1) is 3.57 Å². The van der Waals surface area contributed by atoms with Gasteiger partial charge in [0.05, 0.1) is 24.0 Å². The number of ether oxygens (including phenoxy) is 2. The molecule has 0 radical (unpaired) electrons. The normalized spacial score (nSPS) is 10.6. The Morgan fingerprint density at radius 1 is 1.26 bits per heavy atom. The highest BCUT2D eigenvalue weighted by Gasteiger charge is 2.09. The van der Waals surface area contributed by atoms with Crippen molar-refractivity contribution in [3.05, 3.63) is 56.1 Å². The molecule has 0 heterocycles. The minimum atomic E-state index is -0.334. The van der Waals surface area contributed by atoms with Crippen LogP contribution >= 0.6 is 34.2 Å². The van der Waals surface area contributed by atoms with Crippen molar-refractivity contribution < 1.29 is 14.3 Å². The molecule has 2 aromatic carbocycles. The zero-order valence-electron chi connectivity index (χ0n) is 12.5. The standard InChI is InChI=1S/C16H14ClIN2O3/c1-22-14-7-10(6-13(18)15(14)23-2)9-19-20-16(21)11-4-3-5-12(17)8-11/h3-9H,1-2H3,(H,20,21)/b19-9-. The van der Waals surface area contributed by atoms with Crippen LogP contribution in [0.5, 0.6) is 11.5 Å². The van der Waals surface area contributed by atoms with E-state index < -0.39 is 0 Å². The second kappa shape index (κ2) is 8.16. The van der Waals surface area contributed by atoms with E-state index in [0.717, 1.165) is 9.13 Å². The smallest absolute Gasteiger partial charge is 0.271 e. The van der Waals surface area contributed by atoms with Crippen LogP contribution in [0.1, 0.15) is 15.9 Å². The van der Waals surface area contributed by atoms with Gasteiger partial charge in [-0.2, -0.15) is 5.10 Å². The molecule has 0 saturated carbocycles. The lowest BCUT2D eigenvalue weighted by Crippen LogP contribution is -2.17. The van der Waals surface area contributed by atoms with E-state index in [-0.39, 0.29) is 5.91 Å². The summed E-state index contributed by atoms with van der Waals surface area (Å²) in [4.78, 5) is 11.9. The molecule has 0 unspecified atom stereocenters. The number of hydrogen-bond donors (Lipinski definition) is 1. The number of hydrazone groups is 1. The topological polar surface area (TPSA) is 59.9 Å². The van der Waals surface area contributed by atoms with Gasteiger partial charge in [-0.05, 0) is 58.5 Å². The van der Waals surface area contributed by atoms with Crippen LogP contribution in [0.25, 0.3) is 0 Å². The molecule has 0 saturated heterocycles. The summed E-state index contributed by atoms with van der Waals surface area (Å²) in [6.07, 6.45) is 1.53. The van der Waals surface area contributed by atoms with Crippen LogP contribution in [0.3, 0.4) is 0 Å². The maximum Gasteiger partial charge on any atom is 0.271 e. The second-order valence-electron chi connectivity index (χ2n) is 4.45. The average molecular weight is 445 g/mol. The van der Waals surface area contributed by atoms with E-state index in [4.69, 9.17) is 21.1 Å². The van der Waals surface area contributed by atoms with Crippen LogP contribution < -0.4 is 14.9 Å². The summed E-state index contributed by atoms with van der Waals surface area (Å²) in [5.74, 6) is 0.925. The predicted molar refractivity (Wildman–Crippen MR) is 98.8 cm³/mol. The van der Waals surface area contributed by atoms with Gasteiger partial charge in [0.2, 0.25) is 0 Å². The van der Waals surface area contributed by atoms with Crippen molar-refractivity contribution >= 4 is 46.3 Å². The lowest BCUT2D eigenvalue weighted by atomic mass is 10.2. The van der Waals surface area contributed by atoms with Crippen LogP contribution in [0.2, 0.25) is 5.02 Å². The highest BCUT2D eigenvalue weighted by molar-refractivity contribution is 14.1. The Kier molecular flexibility index (Phi) is 6.23. The van der Waals surface area contributed by atoms with Gasteiger partial charge in [0, 0.05) is 10.6 Å². The predicted octanol–water partition coefficient (Wildman–Crippen LogP) is 3.73. The van der Waals surface area contributed by atoms with Crippen LogP contribution in [0.4, 0.5) is 0 Å². The van der Waals surface area contributed by atoms with Crippen molar-refractivity contribution in [2.24, 2.45) is 5.10 Å². The summed E-state index contributed by atoms with van der Waals surface area (Å²) in [6, 6.07) is 10.3. The molecule has 0 aliphatic rings. The SMILES string of the molecule is COc1cc(/C=N\NC(=O)c2cccc(Cl)c2)cc(I)c1OC. The third kappa shape index (κ3) is 4.59. The third-order valence-electron chi connectivity index (χ3n) is 2.92. The molecule has 1 N–H and O–H groups in total. The molecule has 0 aromatic heterocycles.